The van der Waals surface area contributed by atoms with E-state index in [1.165, 1.54) is 37.7 Å². The van der Waals surface area contributed by atoms with Crippen molar-refractivity contribution in [2.75, 3.05) is 26.2 Å². The van der Waals surface area contributed by atoms with Crippen molar-refractivity contribution in [3.63, 3.8) is 0 Å². The van der Waals surface area contributed by atoms with Crippen molar-refractivity contribution in [1.29, 1.82) is 0 Å². The Morgan fingerprint density at radius 3 is 2.54 bits per heavy atom. The Kier molecular flexibility index (Phi) is 7.88. The summed E-state index contributed by atoms with van der Waals surface area (Å²) in [4.78, 5) is 17.0. The summed E-state index contributed by atoms with van der Waals surface area (Å²) in [5.74, 6) is 3.04. The molecule has 2 saturated heterocycles. The van der Waals surface area contributed by atoms with E-state index < -0.39 is 0 Å². The Bertz CT molecular complexity index is 1130. The molecule has 1 N–H and O–H groups in total. The number of piperidine rings is 1. The first-order valence-corrected chi connectivity index (χ1v) is 15.6. The van der Waals surface area contributed by atoms with Gasteiger partial charge < -0.3 is 19.7 Å². The van der Waals surface area contributed by atoms with Crippen LogP contribution in [0.2, 0.25) is 0 Å². The van der Waals surface area contributed by atoms with Crippen molar-refractivity contribution in [2.24, 2.45) is 11.8 Å². The Morgan fingerprint density at radius 2 is 1.79 bits per heavy atom. The molecule has 5 heteroatoms. The molecule has 2 aromatic carbocycles. The number of para-hydroxylation sites is 1. The van der Waals surface area contributed by atoms with E-state index in [0.29, 0.717) is 43.0 Å². The minimum atomic E-state index is -0.349. The third-order valence-electron chi connectivity index (χ3n) is 10.0. The third-order valence-corrected chi connectivity index (χ3v) is 10.0. The molecule has 210 valence electrons. The number of likely N-dealkylation sites (tertiary alicyclic amines) is 1. The number of carbonyl (C=O) groups excluding carboxylic acids is 1. The fourth-order valence-electron chi connectivity index (χ4n) is 7.65. The van der Waals surface area contributed by atoms with Crippen LogP contribution in [0.5, 0.6) is 11.5 Å². The Morgan fingerprint density at radius 1 is 1.00 bits per heavy atom. The zero-order chi connectivity index (χ0) is 26.8. The third kappa shape index (κ3) is 5.44. The lowest BCUT2D eigenvalue weighted by Gasteiger charge is -2.47. The summed E-state index contributed by atoms with van der Waals surface area (Å²) >= 11 is 0. The van der Waals surface area contributed by atoms with Crippen molar-refractivity contribution >= 4 is 5.91 Å². The second-order valence-electron chi connectivity index (χ2n) is 12.6. The quantitative estimate of drug-likeness (QED) is 0.426. The highest BCUT2D eigenvalue weighted by molar-refractivity contribution is 5.82. The van der Waals surface area contributed by atoms with Crippen molar-refractivity contribution in [1.82, 2.24) is 10.2 Å². The lowest BCUT2D eigenvalue weighted by atomic mass is 9.71. The molecule has 0 radical (unpaired) electrons. The van der Waals surface area contributed by atoms with Gasteiger partial charge in [0.1, 0.15) is 0 Å². The number of rotatable bonds is 8. The predicted molar refractivity (Wildman–Crippen MR) is 155 cm³/mol. The number of nitrogens with zero attached hydrogens (tertiary/aromatic N) is 1. The number of carbonyl (C=O) groups is 1. The Balaban J connectivity index is 1.29. The number of hydrogen-bond acceptors (Lipinski definition) is 4. The SMILES string of the molecule is CCOc1c(OC2CC2)cccc1C1(C)CNCC1C(=O)N1CCC(c2ccccc2)CC1C1CCCCC1. The van der Waals surface area contributed by atoms with Gasteiger partial charge in [0.15, 0.2) is 11.5 Å². The van der Waals surface area contributed by atoms with E-state index in [1.807, 2.05) is 13.0 Å². The van der Waals surface area contributed by atoms with Crippen LogP contribution in [0.25, 0.3) is 0 Å². The molecule has 0 spiro atoms. The van der Waals surface area contributed by atoms with Gasteiger partial charge in [-0.05, 0) is 68.9 Å². The van der Waals surface area contributed by atoms with Gasteiger partial charge in [-0.3, -0.25) is 4.79 Å². The molecule has 2 aliphatic heterocycles. The molecule has 0 bridgehead atoms. The fourth-order valence-corrected chi connectivity index (χ4v) is 7.65. The highest BCUT2D eigenvalue weighted by Gasteiger charge is 2.50. The van der Waals surface area contributed by atoms with Crippen LogP contribution >= 0.6 is 0 Å². The lowest BCUT2D eigenvalue weighted by molar-refractivity contribution is -0.142. The summed E-state index contributed by atoms with van der Waals surface area (Å²) in [5.41, 5.74) is 2.20. The van der Waals surface area contributed by atoms with Crippen LogP contribution in [0.1, 0.15) is 88.7 Å². The summed E-state index contributed by atoms with van der Waals surface area (Å²) in [6.45, 7) is 7.21. The molecule has 39 heavy (non-hydrogen) atoms. The zero-order valence-electron chi connectivity index (χ0n) is 23.9. The van der Waals surface area contributed by atoms with E-state index in [0.717, 1.165) is 55.8 Å². The highest BCUT2D eigenvalue weighted by Crippen LogP contribution is 2.47. The maximum atomic E-state index is 14.6. The van der Waals surface area contributed by atoms with E-state index in [2.05, 4.69) is 59.6 Å². The first-order chi connectivity index (χ1) is 19.1. The van der Waals surface area contributed by atoms with Crippen molar-refractivity contribution in [3.05, 3.63) is 59.7 Å². The maximum absolute atomic E-state index is 14.6. The van der Waals surface area contributed by atoms with Crippen molar-refractivity contribution in [3.8, 4) is 11.5 Å². The molecular formula is C34H46N2O3. The molecule has 2 aliphatic carbocycles. The van der Waals surface area contributed by atoms with Gasteiger partial charge in [0.25, 0.3) is 0 Å². The normalized spacial score (nSPS) is 29.8. The summed E-state index contributed by atoms with van der Waals surface area (Å²) in [6, 6.07) is 17.6. The van der Waals surface area contributed by atoms with Gasteiger partial charge >= 0.3 is 0 Å². The molecule has 4 atom stereocenters. The molecule has 6 rings (SSSR count). The standard InChI is InChI=1S/C34H46N2O3/c1-3-38-32-28(15-10-16-31(32)39-27-17-18-27)34(2)23-35-22-29(34)33(37)36-20-19-26(24-11-6-4-7-12-24)21-30(36)25-13-8-5-9-14-25/h4,6-7,10-12,15-16,25-27,29-30,35H,3,5,8-9,13-14,17-23H2,1-2H3. The monoisotopic (exact) mass is 530 g/mol. The van der Waals surface area contributed by atoms with Crippen LogP contribution in [0.4, 0.5) is 0 Å². The molecule has 5 nitrogen and oxygen atoms in total. The molecule has 4 fully saturated rings. The van der Waals surface area contributed by atoms with Crippen LogP contribution in [-0.2, 0) is 10.2 Å². The van der Waals surface area contributed by atoms with Crippen molar-refractivity contribution < 1.29 is 14.3 Å². The molecule has 4 aliphatic rings. The van der Waals surface area contributed by atoms with Crippen molar-refractivity contribution in [2.45, 2.75) is 95.1 Å². The van der Waals surface area contributed by atoms with Crippen LogP contribution in [0.3, 0.4) is 0 Å². The average molecular weight is 531 g/mol. The van der Waals surface area contributed by atoms with Gasteiger partial charge in [0, 0.05) is 36.7 Å². The molecule has 2 heterocycles. The van der Waals surface area contributed by atoms with E-state index in [-0.39, 0.29) is 11.3 Å². The number of nitrogens with one attached hydrogen (secondary N) is 1. The van der Waals surface area contributed by atoms with E-state index >= 15 is 0 Å². The van der Waals surface area contributed by atoms with Gasteiger partial charge in [-0.15, -0.1) is 0 Å². The van der Waals surface area contributed by atoms with Gasteiger partial charge in [-0.2, -0.15) is 0 Å². The minimum Gasteiger partial charge on any atom is -0.490 e. The largest absolute Gasteiger partial charge is 0.490 e. The van der Waals surface area contributed by atoms with Gasteiger partial charge in [-0.25, -0.2) is 0 Å². The molecular weight excluding hydrogens is 484 g/mol. The van der Waals surface area contributed by atoms with E-state index in [9.17, 15) is 4.79 Å². The second kappa shape index (κ2) is 11.5. The van der Waals surface area contributed by atoms with Gasteiger partial charge in [0.05, 0.1) is 18.6 Å². The minimum absolute atomic E-state index is 0.118. The molecule has 4 unspecified atom stereocenters. The molecule has 2 aromatic rings. The lowest BCUT2D eigenvalue weighted by Crippen LogP contribution is -2.54. The average Bonchev–Trinajstić information content (AvgIpc) is 3.72. The maximum Gasteiger partial charge on any atom is 0.228 e. The second-order valence-corrected chi connectivity index (χ2v) is 12.6. The zero-order valence-corrected chi connectivity index (χ0v) is 23.9. The van der Waals surface area contributed by atoms with E-state index in [4.69, 9.17) is 9.47 Å². The molecule has 1 amide bonds. The van der Waals surface area contributed by atoms with Crippen LogP contribution < -0.4 is 14.8 Å². The van der Waals surface area contributed by atoms with Crippen LogP contribution in [-0.4, -0.2) is 49.2 Å². The fraction of sp³-hybridized carbons (Fsp3) is 0.618. The Labute approximate surface area is 234 Å². The highest BCUT2D eigenvalue weighted by atomic mass is 16.5. The summed E-state index contributed by atoms with van der Waals surface area (Å²) in [7, 11) is 0. The first-order valence-electron chi connectivity index (χ1n) is 15.6. The van der Waals surface area contributed by atoms with Crippen LogP contribution in [0.15, 0.2) is 48.5 Å². The number of ether oxygens (including phenoxy) is 2. The molecule has 0 aromatic heterocycles. The topological polar surface area (TPSA) is 50.8 Å². The smallest absolute Gasteiger partial charge is 0.228 e. The molecule has 2 saturated carbocycles. The number of hydrogen-bond donors (Lipinski definition) is 1. The Hall–Kier alpha value is -2.53. The first kappa shape index (κ1) is 26.7. The summed E-state index contributed by atoms with van der Waals surface area (Å²) in [5, 5.41) is 3.61. The summed E-state index contributed by atoms with van der Waals surface area (Å²) < 4.78 is 12.5. The van der Waals surface area contributed by atoms with Gasteiger partial charge in [-0.1, -0.05) is 68.7 Å². The number of benzene rings is 2. The van der Waals surface area contributed by atoms with Gasteiger partial charge in [0.2, 0.25) is 5.91 Å². The van der Waals surface area contributed by atoms with E-state index in [1.54, 1.807) is 0 Å². The predicted octanol–water partition coefficient (Wildman–Crippen LogP) is 6.46. The van der Waals surface area contributed by atoms with Crippen LogP contribution in [0, 0.1) is 11.8 Å². The number of amides is 1. The summed E-state index contributed by atoms with van der Waals surface area (Å²) in [6.07, 6.45) is 11.1.